The molecular weight excluding hydrogens is 293 g/mol. The normalized spacial score (nSPS) is 20.9. The second-order valence-corrected chi connectivity index (χ2v) is 4.95. The fraction of sp³-hybridized carbons (Fsp3) is 0.333. The van der Waals surface area contributed by atoms with Crippen molar-refractivity contribution in [1.29, 1.82) is 0 Å². The van der Waals surface area contributed by atoms with Crippen molar-refractivity contribution in [2.75, 3.05) is 11.9 Å². The van der Waals surface area contributed by atoms with Gasteiger partial charge in [0, 0.05) is 10.6 Å². The molecule has 102 valence electrons. The van der Waals surface area contributed by atoms with E-state index in [-0.39, 0.29) is 17.2 Å². The second-order valence-electron chi connectivity index (χ2n) is 4.11. The van der Waals surface area contributed by atoms with Crippen LogP contribution in [0.2, 0.25) is 10.0 Å². The average Bonchev–Trinajstić information content (AvgIpc) is 2.50. The summed E-state index contributed by atoms with van der Waals surface area (Å²) >= 11 is 11.8. The van der Waals surface area contributed by atoms with E-state index >= 15 is 0 Å². The molecule has 1 atom stereocenters. The molecule has 1 aliphatic heterocycles. The molecule has 1 amide bonds. The van der Waals surface area contributed by atoms with E-state index in [1.165, 1.54) is 12.1 Å². The Kier molecular flexibility index (Phi) is 3.71. The molecule has 5 nitrogen and oxygen atoms in total. The molecule has 0 radical (unpaired) electrons. The van der Waals surface area contributed by atoms with E-state index in [1.807, 2.05) is 0 Å². The van der Waals surface area contributed by atoms with Crippen LogP contribution in [0.4, 0.5) is 5.69 Å². The number of benzene rings is 1. The third-order valence-electron chi connectivity index (χ3n) is 2.80. The van der Waals surface area contributed by atoms with Crippen LogP contribution >= 0.6 is 23.2 Å². The number of ether oxygens (including phenoxy) is 1. The van der Waals surface area contributed by atoms with Gasteiger partial charge in [0.1, 0.15) is 0 Å². The molecule has 1 aromatic rings. The molecule has 0 saturated carbocycles. The summed E-state index contributed by atoms with van der Waals surface area (Å²) < 4.78 is 4.75. The SMILES string of the molecule is CCOC(=O)CC1(O)C(=O)Nc2cc(Cl)cc(Cl)c21. The third kappa shape index (κ3) is 2.41. The van der Waals surface area contributed by atoms with Gasteiger partial charge in [-0.2, -0.15) is 0 Å². The Morgan fingerprint density at radius 3 is 2.79 bits per heavy atom. The van der Waals surface area contributed by atoms with Gasteiger partial charge in [-0.3, -0.25) is 9.59 Å². The number of aliphatic hydroxyl groups is 1. The Labute approximate surface area is 119 Å². The predicted molar refractivity (Wildman–Crippen MR) is 70.2 cm³/mol. The van der Waals surface area contributed by atoms with Crippen LogP contribution in [0.5, 0.6) is 0 Å². The smallest absolute Gasteiger partial charge is 0.309 e. The number of hydrogen-bond donors (Lipinski definition) is 2. The fourth-order valence-corrected chi connectivity index (χ4v) is 2.67. The van der Waals surface area contributed by atoms with Gasteiger partial charge in [-0.1, -0.05) is 23.2 Å². The minimum Gasteiger partial charge on any atom is -0.466 e. The Morgan fingerprint density at radius 2 is 2.16 bits per heavy atom. The molecule has 2 rings (SSSR count). The molecule has 7 heteroatoms. The lowest BCUT2D eigenvalue weighted by molar-refractivity contribution is -0.154. The Hall–Kier alpha value is -1.30. The predicted octanol–water partition coefficient (Wildman–Crippen LogP) is 2.09. The van der Waals surface area contributed by atoms with Gasteiger partial charge in [-0.15, -0.1) is 0 Å². The van der Waals surface area contributed by atoms with Gasteiger partial charge in [-0.25, -0.2) is 0 Å². The number of fused-ring (bicyclic) bond motifs is 1. The number of halogens is 2. The molecular formula is C12H11Cl2NO4. The molecule has 1 unspecified atom stereocenters. The molecule has 2 N–H and O–H groups in total. The van der Waals surface area contributed by atoms with Crippen LogP contribution in [0.3, 0.4) is 0 Å². The maximum absolute atomic E-state index is 11.9. The molecule has 0 saturated heterocycles. The van der Waals surface area contributed by atoms with E-state index < -0.39 is 23.9 Å². The van der Waals surface area contributed by atoms with Crippen LogP contribution in [0, 0.1) is 0 Å². The maximum Gasteiger partial charge on any atom is 0.309 e. The van der Waals surface area contributed by atoms with Crippen molar-refractivity contribution in [2.45, 2.75) is 18.9 Å². The van der Waals surface area contributed by atoms with Crippen molar-refractivity contribution in [1.82, 2.24) is 0 Å². The minimum atomic E-state index is -2.02. The van der Waals surface area contributed by atoms with Gasteiger partial charge < -0.3 is 15.2 Å². The first-order valence-corrected chi connectivity index (χ1v) is 6.33. The van der Waals surface area contributed by atoms with Gasteiger partial charge in [0.15, 0.2) is 5.60 Å². The number of amides is 1. The summed E-state index contributed by atoms with van der Waals surface area (Å²) in [6, 6.07) is 2.86. The summed E-state index contributed by atoms with van der Waals surface area (Å²) in [6.45, 7) is 1.80. The number of rotatable bonds is 3. The zero-order chi connectivity index (χ0) is 14.2. The summed E-state index contributed by atoms with van der Waals surface area (Å²) in [7, 11) is 0. The van der Waals surface area contributed by atoms with Crippen molar-refractivity contribution in [3.8, 4) is 0 Å². The van der Waals surface area contributed by atoms with Crippen molar-refractivity contribution < 1.29 is 19.4 Å². The Balaban J connectivity index is 2.44. The summed E-state index contributed by atoms with van der Waals surface area (Å²) in [6.07, 6.45) is -0.499. The molecule has 0 aliphatic carbocycles. The van der Waals surface area contributed by atoms with Gasteiger partial charge in [0.2, 0.25) is 0 Å². The summed E-state index contributed by atoms with van der Waals surface area (Å²) in [5.41, 5.74) is -1.57. The quantitative estimate of drug-likeness (QED) is 0.838. The van der Waals surface area contributed by atoms with Crippen LogP contribution < -0.4 is 5.32 Å². The molecule has 0 aromatic heterocycles. The van der Waals surface area contributed by atoms with Crippen molar-refractivity contribution in [3.05, 3.63) is 27.7 Å². The minimum absolute atomic E-state index is 0.118. The first-order valence-electron chi connectivity index (χ1n) is 5.57. The lowest BCUT2D eigenvalue weighted by Gasteiger charge is -2.20. The Morgan fingerprint density at radius 1 is 1.47 bits per heavy atom. The van der Waals surface area contributed by atoms with E-state index in [0.29, 0.717) is 10.7 Å². The highest BCUT2D eigenvalue weighted by atomic mass is 35.5. The maximum atomic E-state index is 11.9. The molecule has 0 bridgehead atoms. The van der Waals surface area contributed by atoms with E-state index in [9.17, 15) is 14.7 Å². The number of esters is 1. The van der Waals surface area contributed by atoms with Crippen LogP contribution in [0.1, 0.15) is 18.9 Å². The number of hydrogen-bond acceptors (Lipinski definition) is 4. The highest BCUT2D eigenvalue weighted by Gasteiger charge is 2.48. The molecule has 0 fully saturated rings. The van der Waals surface area contributed by atoms with Crippen molar-refractivity contribution in [2.24, 2.45) is 0 Å². The van der Waals surface area contributed by atoms with Crippen molar-refractivity contribution >= 4 is 40.8 Å². The topological polar surface area (TPSA) is 75.6 Å². The summed E-state index contributed by atoms with van der Waals surface area (Å²) in [5, 5.41) is 13.3. The zero-order valence-corrected chi connectivity index (χ0v) is 11.5. The van der Waals surface area contributed by atoms with E-state index in [2.05, 4.69) is 5.32 Å². The second kappa shape index (κ2) is 5.00. The van der Waals surface area contributed by atoms with Crippen LogP contribution in [0.25, 0.3) is 0 Å². The van der Waals surface area contributed by atoms with Gasteiger partial charge in [0.25, 0.3) is 5.91 Å². The summed E-state index contributed by atoms with van der Waals surface area (Å²) in [4.78, 5) is 23.4. The number of anilines is 1. The van der Waals surface area contributed by atoms with Gasteiger partial charge in [-0.05, 0) is 19.1 Å². The standard InChI is InChI=1S/C12H11Cl2NO4/c1-2-19-9(16)5-12(18)10-7(14)3-6(13)4-8(10)15-11(12)17/h3-4,18H,2,5H2,1H3,(H,15,17). The van der Waals surface area contributed by atoms with E-state index in [4.69, 9.17) is 27.9 Å². The highest BCUT2D eigenvalue weighted by Crippen LogP contribution is 2.44. The molecule has 1 aromatic carbocycles. The Bertz CT molecular complexity index is 561. The van der Waals surface area contributed by atoms with Crippen molar-refractivity contribution in [3.63, 3.8) is 0 Å². The van der Waals surface area contributed by atoms with Crippen LogP contribution in [-0.2, 0) is 19.9 Å². The molecule has 1 heterocycles. The fourth-order valence-electron chi connectivity index (χ4n) is 2.02. The molecule has 0 spiro atoms. The highest BCUT2D eigenvalue weighted by molar-refractivity contribution is 6.36. The van der Waals surface area contributed by atoms with E-state index in [1.54, 1.807) is 6.92 Å². The lowest BCUT2D eigenvalue weighted by Crippen LogP contribution is -2.37. The molecule has 19 heavy (non-hydrogen) atoms. The van der Waals surface area contributed by atoms with Crippen LogP contribution in [0.15, 0.2) is 12.1 Å². The van der Waals surface area contributed by atoms with E-state index in [0.717, 1.165) is 0 Å². The lowest BCUT2D eigenvalue weighted by atomic mass is 9.92. The number of nitrogens with one attached hydrogen (secondary N) is 1. The first-order chi connectivity index (χ1) is 8.88. The summed E-state index contributed by atoms with van der Waals surface area (Å²) in [5.74, 6) is -1.40. The van der Waals surface area contributed by atoms with Gasteiger partial charge >= 0.3 is 5.97 Å². The number of carbonyl (C=O) groups excluding carboxylic acids is 2. The zero-order valence-electron chi connectivity index (χ0n) is 10.00. The first kappa shape index (κ1) is 14.1. The molecule has 1 aliphatic rings. The third-order valence-corrected chi connectivity index (χ3v) is 3.31. The van der Waals surface area contributed by atoms with Crippen LogP contribution in [-0.4, -0.2) is 23.6 Å². The average molecular weight is 304 g/mol. The van der Waals surface area contributed by atoms with Gasteiger partial charge in [0.05, 0.1) is 23.7 Å². The number of carbonyl (C=O) groups is 2. The largest absolute Gasteiger partial charge is 0.466 e. The monoisotopic (exact) mass is 303 g/mol.